The van der Waals surface area contributed by atoms with Crippen LogP contribution in [0.15, 0.2) is 54.6 Å². The summed E-state index contributed by atoms with van der Waals surface area (Å²) in [5.74, 6) is -1.64. The van der Waals surface area contributed by atoms with E-state index < -0.39 is 29.4 Å². The third-order valence-electron chi connectivity index (χ3n) is 4.16. The van der Waals surface area contributed by atoms with Crippen molar-refractivity contribution in [2.45, 2.75) is 18.6 Å². The molecule has 0 radical (unpaired) electrons. The Morgan fingerprint density at radius 2 is 1.77 bits per heavy atom. The molecule has 2 atom stereocenters. The van der Waals surface area contributed by atoms with Crippen molar-refractivity contribution in [1.82, 2.24) is 5.32 Å². The van der Waals surface area contributed by atoms with Crippen molar-refractivity contribution in [3.8, 4) is 5.75 Å². The topological polar surface area (TPSA) is 93.7 Å². The van der Waals surface area contributed by atoms with Crippen LogP contribution in [0.3, 0.4) is 0 Å². The smallest absolute Gasteiger partial charge is 0.333 e. The molecule has 2 amide bonds. The molecule has 0 bridgehead atoms. The SMILES string of the molecule is COC(=O)[C@@H](NC(=O)[C@@]1(C)Oc2ccccc2NC1=O)c1ccccc1. The van der Waals surface area contributed by atoms with Crippen LogP contribution < -0.4 is 15.4 Å². The van der Waals surface area contributed by atoms with E-state index in [2.05, 4.69) is 10.6 Å². The molecular formula is C19H18N2O5. The van der Waals surface area contributed by atoms with Gasteiger partial charge in [0.25, 0.3) is 17.4 Å². The highest BCUT2D eigenvalue weighted by Gasteiger charge is 2.48. The fourth-order valence-corrected chi connectivity index (χ4v) is 2.63. The van der Waals surface area contributed by atoms with Gasteiger partial charge in [0.1, 0.15) is 5.75 Å². The Bertz CT molecular complexity index is 852. The maximum absolute atomic E-state index is 12.8. The summed E-state index contributed by atoms with van der Waals surface area (Å²) in [6.45, 7) is 1.35. The van der Waals surface area contributed by atoms with Gasteiger partial charge in [-0.2, -0.15) is 0 Å². The lowest BCUT2D eigenvalue weighted by atomic mass is 9.99. The van der Waals surface area contributed by atoms with E-state index in [1.165, 1.54) is 14.0 Å². The molecule has 1 aliphatic rings. The first kappa shape index (κ1) is 17.5. The van der Waals surface area contributed by atoms with Gasteiger partial charge in [-0.15, -0.1) is 0 Å². The van der Waals surface area contributed by atoms with Gasteiger partial charge in [0, 0.05) is 0 Å². The number of fused-ring (bicyclic) bond motifs is 1. The van der Waals surface area contributed by atoms with Gasteiger partial charge in [-0.05, 0) is 24.6 Å². The average Bonchev–Trinajstić information content (AvgIpc) is 2.66. The molecule has 0 unspecified atom stereocenters. The Morgan fingerprint density at radius 3 is 2.46 bits per heavy atom. The van der Waals surface area contributed by atoms with Crippen molar-refractivity contribution < 1.29 is 23.9 Å². The number of methoxy groups -OCH3 is 1. The van der Waals surface area contributed by atoms with Crippen LogP contribution in [0.5, 0.6) is 5.75 Å². The highest BCUT2D eigenvalue weighted by Crippen LogP contribution is 2.33. The molecular weight excluding hydrogens is 336 g/mol. The lowest BCUT2D eigenvalue weighted by Gasteiger charge is -2.34. The molecule has 0 saturated heterocycles. The number of carbonyl (C=O) groups excluding carboxylic acids is 3. The van der Waals surface area contributed by atoms with Crippen molar-refractivity contribution in [2.24, 2.45) is 0 Å². The zero-order chi connectivity index (χ0) is 18.7. The maximum atomic E-state index is 12.8. The predicted molar refractivity (Wildman–Crippen MR) is 93.4 cm³/mol. The summed E-state index contributed by atoms with van der Waals surface area (Å²) in [5, 5.41) is 5.20. The quantitative estimate of drug-likeness (QED) is 0.645. The second-order valence-electron chi connectivity index (χ2n) is 5.93. The van der Waals surface area contributed by atoms with Crippen molar-refractivity contribution in [2.75, 3.05) is 12.4 Å². The van der Waals surface area contributed by atoms with E-state index in [9.17, 15) is 14.4 Å². The molecule has 2 aromatic rings. The first-order chi connectivity index (χ1) is 12.5. The molecule has 7 heteroatoms. The lowest BCUT2D eigenvalue weighted by molar-refractivity contribution is -0.152. The number of hydrogen-bond acceptors (Lipinski definition) is 5. The highest BCUT2D eigenvalue weighted by atomic mass is 16.5. The lowest BCUT2D eigenvalue weighted by Crippen LogP contribution is -2.59. The number of benzene rings is 2. The number of carbonyl (C=O) groups is 3. The number of rotatable bonds is 4. The second-order valence-corrected chi connectivity index (χ2v) is 5.93. The molecule has 2 N–H and O–H groups in total. The number of esters is 1. The standard InChI is InChI=1S/C19H18N2O5/c1-19(17(23)20-13-10-6-7-11-14(13)26-19)18(24)21-15(16(22)25-2)12-8-4-3-5-9-12/h3-11,15H,1-2H3,(H,20,23)(H,21,24)/t15-,19-/m0/s1. The van der Waals surface area contributed by atoms with Crippen LogP contribution in [0.2, 0.25) is 0 Å². The molecule has 0 aromatic heterocycles. The normalized spacial score (nSPS) is 19.4. The number of ether oxygens (including phenoxy) is 2. The van der Waals surface area contributed by atoms with Gasteiger partial charge in [-0.25, -0.2) is 4.79 Å². The summed E-state index contributed by atoms with van der Waals surface area (Å²) < 4.78 is 10.4. The number of hydrogen-bond donors (Lipinski definition) is 2. The number of amides is 2. The number of nitrogens with one attached hydrogen (secondary N) is 2. The zero-order valence-corrected chi connectivity index (χ0v) is 14.3. The summed E-state index contributed by atoms with van der Waals surface area (Å²) in [5.41, 5.74) is -0.807. The van der Waals surface area contributed by atoms with Crippen LogP contribution in [0.4, 0.5) is 5.69 Å². The molecule has 1 heterocycles. The predicted octanol–water partition coefficient (Wildman–Crippen LogP) is 1.81. The molecule has 0 saturated carbocycles. The van der Waals surface area contributed by atoms with Gasteiger partial charge in [0.05, 0.1) is 12.8 Å². The second kappa shape index (κ2) is 6.87. The Labute approximate surface area is 150 Å². The van der Waals surface area contributed by atoms with Crippen molar-refractivity contribution >= 4 is 23.5 Å². The van der Waals surface area contributed by atoms with Gasteiger partial charge in [-0.3, -0.25) is 9.59 Å². The molecule has 7 nitrogen and oxygen atoms in total. The molecule has 0 aliphatic carbocycles. The molecule has 26 heavy (non-hydrogen) atoms. The molecule has 3 rings (SSSR count). The van der Waals surface area contributed by atoms with Crippen LogP contribution in [-0.2, 0) is 19.1 Å². The Hall–Kier alpha value is -3.35. The molecule has 2 aromatic carbocycles. The Morgan fingerprint density at radius 1 is 1.12 bits per heavy atom. The first-order valence-corrected chi connectivity index (χ1v) is 7.99. The number of para-hydroxylation sites is 2. The first-order valence-electron chi connectivity index (χ1n) is 7.99. The largest absolute Gasteiger partial charge is 0.467 e. The summed E-state index contributed by atoms with van der Waals surface area (Å²) in [7, 11) is 1.23. The molecule has 0 fully saturated rings. The number of anilines is 1. The summed E-state index contributed by atoms with van der Waals surface area (Å²) in [6.07, 6.45) is 0. The van der Waals surface area contributed by atoms with Crippen molar-refractivity contribution in [3.05, 3.63) is 60.2 Å². The summed E-state index contributed by atoms with van der Waals surface area (Å²) in [6, 6.07) is 14.4. The van der Waals surface area contributed by atoms with Gasteiger partial charge in [-0.1, -0.05) is 42.5 Å². The van der Waals surface area contributed by atoms with Crippen LogP contribution in [-0.4, -0.2) is 30.5 Å². The van der Waals surface area contributed by atoms with E-state index in [1.807, 2.05) is 0 Å². The van der Waals surface area contributed by atoms with Crippen molar-refractivity contribution in [3.63, 3.8) is 0 Å². The van der Waals surface area contributed by atoms with E-state index >= 15 is 0 Å². The fourth-order valence-electron chi connectivity index (χ4n) is 2.63. The Balaban J connectivity index is 1.88. The van der Waals surface area contributed by atoms with Crippen LogP contribution in [0, 0.1) is 0 Å². The van der Waals surface area contributed by atoms with E-state index in [0.29, 0.717) is 17.0 Å². The summed E-state index contributed by atoms with van der Waals surface area (Å²) >= 11 is 0. The minimum atomic E-state index is -1.82. The van der Waals surface area contributed by atoms with Gasteiger partial charge in [0.15, 0.2) is 6.04 Å². The minimum absolute atomic E-state index is 0.374. The monoisotopic (exact) mass is 354 g/mol. The summed E-state index contributed by atoms with van der Waals surface area (Å²) in [4.78, 5) is 37.4. The van der Waals surface area contributed by atoms with Crippen LogP contribution in [0.25, 0.3) is 0 Å². The molecule has 0 spiro atoms. The third-order valence-corrected chi connectivity index (χ3v) is 4.16. The van der Waals surface area contributed by atoms with Crippen LogP contribution >= 0.6 is 0 Å². The maximum Gasteiger partial charge on any atom is 0.333 e. The van der Waals surface area contributed by atoms with Gasteiger partial charge >= 0.3 is 5.97 Å². The minimum Gasteiger partial charge on any atom is -0.467 e. The molecule has 1 aliphatic heterocycles. The van der Waals surface area contributed by atoms with E-state index in [1.54, 1.807) is 54.6 Å². The fraction of sp³-hybridized carbons (Fsp3) is 0.211. The third kappa shape index (κ3) is 3.11. The average molecular weight is 354 g/mol. The van der Waals surface area contributed by atoms with E-state index in [-0.39, 0.29) is 0 Å². The van der Waals surface area contributed by atoms with Gasteiger partial charge < -0.3 is 20.1 Å². The van der Waals surface area contributed by atoms with E-state index in [0.717, 1.165) is 0 Å². The molecule has 134 valence electrons. The highest BCUT2D eigenvalue weighted by molar-refractivity contribution is 6.15. The Kier molecular flexibility index (Phi) is 4.62. The zero-order valence-electron chi connectivity index (χ0n) is 14.3. The van der Waals surface area contributed by atoms with E-state index in [4.69, 9.17) is 9.47 Å². The van der Waals surface area contributed by atoms with Crippen LogP contribution in [0.1, 0.15) is 18.5 Å². The van der Waals surface area contributed by atoms with Crippen molar-refractivity contribution in [1.29, 1.82) is 0 Å². The van der Waals surface area contributed by atoms with Gasteiger partial charge in [0.2, 0.25) is 0 Å².